The van der Waals surface area contributed by atoms with Gasteiger partial charge in [0, 0.05) is 55.5 Å². The van der Waals surface area contributed by atoms with Crippen LogP contribution in [0.4, 0.5) is 5.95 Å². The van der Waals surface area contributed by atoms with Gasteiger partial charge in [0.25, 0.3) is 0 Å². The lowest BCUT2D eigenvalue weighted by molar-refractivity contribution is 0.194. The van der Waals surface area contributed by atoms with Gasteiger partial charge in [0.05, 0.1) is 18.3 Å². The molecule has 166 valence electrons. The Morgan fingerprint density at radius 2 is 2.13 bits per heavy atom. The van der Waals surface area contributed by atoms with E-state index in [4.69, 9.17) is 26.9 Å². The van der Waals surface area contributed by atoms with Crippen molar-refractivity contribution < 1.29 is 4.74 Å². The molecule has 0 spiro atoms. The molecular formula is C23H33N7O. The Morgan fingerprint density at radius 1 is 1.29 bits per heavy atom. The minimum Gasteiger partial charge on any atom is -0.404 e. The molecule has 2 aliphatic heterocycles. The highest BCUT2D eigenvalue weighted by Crippen LogP contribution is 2.30. The molecule has 6 N–H and O–H groups in total. The van der Waals surface area contributed by atoms with Crippen molar-refractivity contribution in [3.8, 4) is 0 Å². The second kappa shape index (κ2) is 10.2. The molecule has 0 bridgehead atoms. The Hall–Kier alpha value is -2.55. The third-order valence-corrected chi connectivity index (χ3v) is 6.15. The zero-order valence-electron chi connectivity index (χ0n) is 18.0. The van der Waals surface area contributed by atoms with Crippen molar-refractivity contribution >= 4 is 23.3 Å². The molecule has 2 atom stereocenters. The van der Waals surface area contributed by atoms with E-state index in [1.807, 2.05) is 12.4 Å². The Labute approximate surface area is 184 Å². The van der Waals surface area contributed by atoms with E-state index in [-0.39, 0.29) is 12.1 Å². The first-order valence-corrected chi connectivity index (χ1v) is 11.2. The van der Waals surface area contributed by atoms with Gasteiger partial charge in [-0.05, 0) is 43.7 Å². The van der Waals surface area contributed by atoms with E-state index in [2.05, 4.69) is 33.1 Å². The van der Waals surface area contributed by atoms with Crippen molar-refractivity contribution in [2.45, 2.75) is 37.8 Å². The van der Waals surface area contributed by atoms with Crippen molar-refractivity contribution in [1.82, 2.24) is 9.97 Å². The predicted octanol–water partition coefficient (Wildman–Crippen LogP) is 1.48. The topological polar surface area (TPSA) is 129 Å². The maximum atomic E-state index is 6.08. The number of aromatic nitrogens is 2. The summed E-state index contributed by atoms with van der Waals surface area (Å²) in [6.07, 6.45) is 15.5. The number of ether oxygens (including phenoxy) is 1. The fourth-order valence-corrected chi connectivity index (χ4v) is 4.15. The van der Waals surface area contributed by atoms with E-state index >= 15 is 0 Å². The van der Waals surface area contributed by atoms with Crippen molar-refractivity contribution in [3.05, 3.63) is 41.9 Å². The quantitative estimate of drug-likeness (QED) is 0.591. The maximum Gasteiger partial charge on any atom is 0.225 e. The number of anilines is 1. The van der Waals surface area contributed by atoms with Crippen molar-refractivity contribution in [2.24, 2.45) is 28.1 Å². The standard InChI is InChI=1S/C23H33N7O/c24-11-16-2-1-3-17(10-16)22-21(18(12-25)13-27-20-6-9-31-15-20)14-28-23(29-22)30-7-4-19(26)5-8-30/h1,3,10,12-14,16,19-20H,2,4-9,11,15,24-26H2. The van der Waals surface area contributed by atoms with E-state index in [1.54, 1.807) is 6.20 Å². The predicted molar refractivity (Wildman–Crippen MR) is 126 cm³/mol. The van der Waals surface area contributed by atoms with Gasteiger partial charge >= 0.3 is 0 Å². The van der Waals surface area contributed by atoms with Crippen LogP contribution in [0.5, 0.6) is 0 Å². The largest absolute Gasteiger partial charge is 0.404 e. The molecule has 1 aromatic heterocycles. The molecule has 8 nitrogen and oxygen atoms in total. The molecule has 4 rings (SSSR count). The number of allylic oxidation sites excluding steroid dienone is 4. The Balaban J connectivity index is 1.69. The lowest BCUT2D eigenvalue weighted by atomic mass is 9.92. The summed E-state index contributed by atoms with van der Waals surface area (Å²) in [6, 6.07) is 0.429. The lowest BCUT2D eigenvalue weighted by Gasteiger charge is -2.30. The first kappa shape index (κ1) is 21.7. The summed E-state index contributed by atoms with van der Waals surface area (Å²) in [4.78, 5) is 16.6. The van der Waals surface area contributed by atoms with Crippen molar-refractivity contribution in [3.63, 3.8) is 0 Å². The van der Waals surface area contributed by atoms with Gasteiger partial charge in [-0.15, -0.1) is 0 Å². The van der Waals surface area contributed by atoms with Crippen LogP contribution in [0.1, 0.15) is 36.9 Å². The molecule has 1 aliphatic carbocycles. The summed E-state index contributed by atoms with van der Waals surface area (Å²) in [5.41, 5.74) is 21.6. The van der Waals surface area contributed by atoms with Gasteiger partial charge in [-0.2, -0.15) is 0 Å². The molecule has 2 fully saturated rings. The zero-order valence-corrected chi connectivity index (χ0v) is 18.0. The fraction of sp³-hybridized carbons (Fsp3) is 0.522. The van der Waals surface area contributed by atoms with E-state index in [1.165, 1.54) is 0 Å². The number of nitrogens with zero attached hydrogens (tertiary/aromatic N) is 4. The van der Waals surface area contributed by atoms with Gasteiger partial charge in [0.1, 0.15) is 0 Å². The number of hydrogen-bond donors (Lipinski definition) is 3. The fourth-order valence-electron chi connectivity index (χ4n) is 4.15. The molecule has 2 saturated heterocycles. The smallest absolute Gasteiger partial charge is 0.225 e. The van der Waals surface area contributed by atoms with E-state index in [0.29, 0.717) is 19.1 Å². The van der Waals surface area contributed by atoms with E-state index in [9.17, 15) is 0 Å². The van der Waals surface area contributed by atoms with Gasteiger partial charge in [0.15, 0.2) is 0 Å². The van der Waals surface area contributed by atoms with Crippen LogP contribution in [-0.4, -0.2) is 61.1 Å². The average Bonchev–Trinajstić information content (AvgIpc) is 3.34. The molecule has 8 heteroatoms. The minimum atomic E-state index is 0.173. The zero-order chi connectivity index (χ0) is 21.6. The number of rotatable bonds is 6. The summed E-state index contributed by atoms with van der Waals surface area (Å²) >= 11 is 0. The van der Waals surface area contributed by atoms with Gasteiger partial charge in [-0.1, -0.05) is 18.2 Å². The Bertz CT molecular complexity index is 878. The molecule has 0 aromatic carbocycles. The molecule has 2 unspecified atom stereocenters. The number of nitrogens with two attached hydrogens (primary N) is 3. The Morgan fingerprint density at radius 3 is 2.84 bits per heavy atom. The third kappa shape index (κ3) is 5.20. The van der Waals surface area contributed by atoms with E-state index in [0.717, 1.165) is 73.7 Å². The van der Waals surface area contributed by atoms with Crippen LogP contribution in [0.25, 0.3) is 11.1 Å². The molecule has 0 saturated carbocycles. The molecule has 31 heavy (non-hydrogen) atoms. The maximum absolute atomic E-state index is 6.08. The van der Waals surface area contributed by atoms with Crippen LogP contribution in [0.3, 0.4) is 0 Å². The highest BCUT2D eigenvalue weighted by Gasteiger charge is 2.22. The van der Waals surface area contributed by atoms with Crippen LogP contribution in [0.15, 0.2) is 35.6 Å². The first-order chi connectivity index (χ1) is 15.2. The molecule has 3 aliphatic rings. The van der Waals surface area contributed by atoms with Crippen LogP contribution in [-0.2, 0) is 4.74 Å². The SMILES string of the molecule is NC=C(C=NC1CCOC1)c1cnc(N2CCC(N)CC2)nc1C1=CC(CN)CC=C1. The normalized spacial score (nSPS) is 25.4. The van der Waals surface area contributed by atoms with Crippen LogP contribution in [0, 0.1) is 5.92 Å². The van der Waals surface area contributed by atoms with Gasteiger partial charge in [-0.3, -0.25) is 4.99 Å². The summed E-state index contributed by atoms with van der Waals surface area (Å²) in [7, 11) is 0. The summed E-state index contributed by atoms with van der Waals surface area (Å²) in [6.45, 7) is 3.74. The van der Waals surface area contributed by atoms with Crippen molar-refractivity contribution in [1.29, 1.82) is 0 Å². The Kier molecular flexibility index (Phi) is 7.11. The molecule has 1 aromatic rings. The monoisotopic (exact) mass is 423 g/mol. The van der Waals surface area contributed by atoms with Crippen LogP contribution < -0.4 is 22.1 Å². The summed E-state index contributed by atoms with van der Waals surface area (Å²) in [5.74, 6) is 1.03. The van der Waals surface area contributed by atoms with Gasteiger partial charge in [0.2, 0.25) is 5.95 Å². The third-order valence-electron chi connectivity index (χ3n) is 6.15. The number of hydrogen-bond acceptors (Lipinski definition) is 8. The molecule has 0 amide bonds. The second-order valence-corrected chi connectivity index (χ2v) is 8.43. The van der Waals surface area contributed by atoms with Gasteiger partial charge < -0.3 is 26.8 Å². The minimum absolute atomic E-state index is 0.173. The van der Waals surface area contributed by atoms with Crippen molar-refractivity contribution in [2.75, 3.05) is 37.7 Å². The number of piperidine rings is 1. The molecule has 0 radical (unpaired) electrons. The van der Waals surface area contributed by atoms with Crippen LogP contribution >= 0.6 is 0 Å². The highest BCUT2D eigenvalue weighted by molar-refractivity contribution is 6.11. The van der Waals surface area contributed by atoms with Gasteiger partial charge in [-0.25, -0.2) is 9.97 Å². The number of aliphatic imine (C=N–C) groups is 1. The lowest BCUT2D eigenvalue weighted by Crippen LogP contribution is -2.40. The molecular weight excluding hydrogens is 390 g/mol. The van der Waals surface area contributed by atoms with Crippen LogP contribution in [0.2, 0.25) is 0 Å². The van der Waals surface area contributed by atoms with E-state index < -0.39 is 0 Å². The summed E-state index contributed by atoms with van der Waals surface area (Å²) < 4.78 is 5.43. The summed E-state index contributed by atoms with van der Waals surface area (Å²) in [5, 5.41) is 0. The average molecular weight is 424 g/mol. The second-order valence-electron chi connectivity index (χ2n) is 8.43. The highest BCUT2D eigenvalue weighted by atomic mass is 16.5. The molecule has 3 heterocycles. The first-order valence-electron chi connectivity index (χ1n) is 11.2.